The van der Waals surface area contributed by atoms with Gasteiger partial charge < -0.3 is 16.4 Å². The molecule has 0 aromatic heterocycles. The van der Waals surface area contributed by atoms with E-state index in [0.29, 0.717) is 15.7 Å². The van der Waals surface area contributed by atoms with Gasteiger partial charge in [-0.25, -0.2) is 0 Å². The molecule has 1 aromatic rings. The number of nitrogens with one attached hydrogen (secondary N) is 2. The lowest BCUT2D eigenvalue weighted by Crippen LogP contribution is -2.42. The zero-order valence-corrected chi connectivity index (χ0v) is 13.5. The van der Waals surface area contributed by atoms with Crippen LogP contribution in [0.25, 0.3) is 0 Å². The van der Waals surface area contributed by atoms with E-state index in [4.69, 9.17) is 5.73 Å². The minimum absolute atomic E-state index is 0.0931. The van der Waals surface area contributed by atoms with Crippen LogP contribution in [0.4, 0.5) is 5.69 Å². The molecule has 4 N–H and O–H groups in total. The SMILES string of the molecule is CC(C)(C)NC(=O)CCNC(=O)c1cc(N)ccc1Br. The Morgan fingerprint density at radius 2 is 1.95 bits per heavy atom. The van der Waals surface area contributed by atoms with E-state index in [-0.39, 0.29) is 30.3 Å². The normalized spacial score (nSPS) is 11.0. The van der Waals surface area contributed by atoms with E-state index in [1.165, 1.54) is 0 Å². The van der Waals surface area contributed by atoms with Crippen LogP contribution in [0.1, 0.15) is 37.6 Å². The summed E-state index contributed by atoms with van der Waals surface area (Å²) < 4.78 is 0.670. The van der Waals surface area contributed by atoms with Gasteiger partial charge >= 0.3 is 0 Å². The van der Waals surface area contributed by atoms with Gasteiger partial charge in [0, 0.05) is 28.7 Å². The molecule has 110 valence electrons. The maximum atomic E-state index is 12.0. The van der Waals surface area contributed by atoms with Crippen molar-refractivity contribution in [3.8, 4) is 0 Å². The maximum Gasteiger partial charge on any atom is 0.252 e. The fraction of sp³-hybridized carbons (Fsp3) is 0.429. The molecule has 0 saturated heterocycles. The number of carbonyl (C=O) groups is 2. The minimum atomic E-state index is -0.266. The Morgan fingerprint density at radius 1 is 1.30 bits per heavy atom. The summed E-state index contributed by atoms with van der Waals surface area (Å²) in [5.74, 6) is -0.350. The van der Waals surface area contributed by atoms with Crippen molar-refractivity contribution in [3.63, 3.8) is 0 Å². The highest BCUT2D eigenvalue weighted by molar-refractivity contribution is 9.10. The molecule has 5 nitrogen and oxygen atoms in total. The first kappa shape index (κ1) is 16.5. The number of benzene rings is 1. The van der Waals surface area contributed by atoms with Gasteiger partial charge in [0.25, 0.3) is 5.91 Å². The number of nitrogens with two attached hydrogens (primary N) is 1. The summed E-state index contributed by atoms with van der Waals surface area (Å²) in [5.41, 5.74) is 6.36. The lowest BCUT2D eigenvalue weighted by molar-refractivity contribution is -0.122. The molecule has 0 aliphatic heterocycles. The van der Waals surface area contributed by atoms with Crippen LogP contribution in [-0.2, 0) is 4.79 Å². The van der Waals surface area contributed by atoms with Gasteiger partial charge in [-0.2, -0.15) is 0 Å². The van der Waals surface area contributed by atoms with Gasteiger partial charge in [0.05, 0.1) is 5.56 Å². The number of anilines is 1. The average molecular weight is 342 g/mol. The van der Waals surface area contributed by atoms with Gasteiger partial charge in [0.2, 0.25) is 5.91 Å². The topological polar surface area (TPSA) is 84.2 Å². The summed E-state index contributed by atoms with van der Waals surface area (Å²) in [7, 11) is 0. The van der Waals surface area contributed by atoms with Crippen LogP contribution >= 0.6 is 15.9 Å². The quantitative estimate of drug-likeness (QED) is 0.733. The second-order valence-corrected chi connectivity index (χ2v) is 6.40. The molecule has 0 fully saturated rings. The van der Waals surface area contributed by atoms with Gasteiger partial charge in [-0.3, -0.25) is 9.59 Å². The van der Waals surface area contributed by atoms with E-state index in [0.717, 1.165) is 0 Å². The molecule has 0 radical (unpaired) electrons. The molecule has 0 aliphatic carbocycles. The highest BCUT2D eigenvalue weighted by Crippen LogP contribution is 2.19. The highest BCUT2D eigenvalue weighted by atomic mass is 79.9. The Bertz CT molecular complexity index is 510. The Hall–Kier alpha value is -1.56. The molecule has 20 heavy (non-hydrogen) atoms. The van der Waals surface area contributed by atoms with E-state index in [9.17, 15) is 9.59 Å². The summed E-state index contributed by atoms with van der Waals surface area (Å²) in [4.78, 5) is 23.6. The zero-order valence-electron chi connectivity index (χ0n) is 11.9. The average Bonchev–Trinajstić information content (AvgIpc) is 2.29. The van der Waals surface area contributed by atoms with Crippen LogP contribution in [-0.4, -0.2) is 23.9 Å². The van der Waals surface area contributed by atoms with Gasteiger partial charge in [-0.1, -0.05) is 0 Å². The molecule has 0 spiro atoms. The fourth-order valence-corrected chi connectivity index (χ4v) is 2.01. The Kier molecular flexibility index (Phi) is 5.56. The number of hydrogen-bond acceptors (Lipinski definition) is 3. The summed E-state index contributed by atoms with van der Waals surface area (Å²) >= 11 is 3.30. The van der Waals surface area contributed by atoms with Crippen LogP contribution in [0, 0.1) is 0 Å². The van der Waals surface area contributed by atoms with Crippen molar-refractivity contribution in [2.45, 2.75) is 32.7 Å². The lowest BCUT2D eigenvalue weighted by atomic mass is 10.1. The predicted octanol–water partition coefficient (Wildman–Crippen LogP) is 2.07. The van der Waals surface area contributed by atoms with E-state index >= 15 is 0 Å². The standard InChI is InChI=1S/C14H20BrN3O2/c1-14(2,3)18-12(19)6-7-17-13(20)10-8-9(16)4-5-11(10)15/h4-5,8H,6-7,16H2,1-3H3,(H,17,20)(H,18,19). The van der Waals surface area contributed by atoms with Crippen LogP contribution < -0.4 is 16.4 Å². The molecular formula is C14H20BrN3O2. The Labute approximate surface area is 127 Å². The highest BCUT2D eigenvalue weighted by Gasteiger charge is 2.14. The molecule has 1 aromatic carbocycles. The molecule has 0 unspecified atom stereocenters. The Morgan fingerprint density at radius 3 is 2.55 bits per heavy atom. The number of halogens is 1. The third kappa shape index (κ3) is 5.61. The summed E-state index contributed by atoms with van der Waals surface area (Å²) in [6.45, 7) is 6.01. The molecule has 0 atom stereocenters. The van der Waals surface area contributed by atoms with Crippen molar-refractivity contribution >= 4 is 33.4 Å². The maximum absolute atomic E-state index is 12.0. The van der Waals surface area contributed by atoms with Crippen LogP contribution in [0.15, 0.2) is 22.7 Å². The number of rotatable bonds is 4. The molecule has 1 rings (SSSR count). The molecule has 6 heteroatoms. The second-order valence-electron chi connectivity index (χ2n) is 5.54. The molecule has 0 heterocycles. The largest absolute Gasteiger partial charge is 0.399 e. The van der Waals surface area contributed by atoms with Gasteiger partial charge in [-0.15, -0.1) is 0 Å². The molecule has 0 bridgehead atoms. The number of amides is 2. The van der Waals surface area contributed by atoms with Gasteiger partial charge in [0.15, 0.2) is 0 Å². The van der Waals surface area contributed by atoms with E-state index in [1.54, 1.807) is 18.2 Å². The van der Waals surface area contributed by atoms with Crippen molar-refractivity contribution in [1.82, 2.24) is 10.6 Å². The third-order valence-corrected chi connectivity index (χ3v) is 3.08. The number of nitrogen functional groups attached to an aromatic ring is 1. The zero-order chi connectivity index (χ0) is 15.3. The van der Waals surface area contributed by atoms with Gasteiger partial charge in [-0.05, 0) is 54.9 Å². The molecule has 2 amide bonds. The third-order valence-electron chi connectivity index (χ3n) is 2.39. The predicted molar refractivity (Wildman–Crippen MR) is 83.4 cm³/mol. The van der Waals surface area contributed by atoms with Crippen molar-refractivity contribution in [3.05, 3.63) is 28.2 Å². The molecular weight excluding hydrogens is 322 g/mol. The monoisotopic (exact) mass is 341 g/mol. The first-order chi connectivity index (χ1) is 9.19. The summed E-state index contributed by atoms with van der Waals surface area (Å²) in [6, 6.07) is 5.02. The summed E-state index contributed by atoms with van der Waals surface area (Å²) in [5, 5.41) is 5.53. The Balaban J connectivity index is 2.48. The number of hydrogen-bond donors (Lipinski definition) is 3. The smallest absolute Gasteiger partial charge is 0.252 e. The number of carbonyl (C=O) groups excluding carboxylic acids is 2. The first-order valence-corrected chi connectivity index (χ1v) is 7.12. The van der Waals surface area contributed by atoms with Crippen molar-refractivity contribution in [2.24, 2.45) is 0 Å². The minimum Gasteiger partial charge on any atom is -0.399 e. The first-order valence-electron chi connectivity index (χ1n) is 6.33. The van der Waals surface area contributed by atoms with Crippen LogP contribution in [0.5, 0.6) is 0 Å². The van der Waals surface area contributed by atoms with E-state index in [2.05, 4.69) is 26.6 Å². The van der Waals surface area contributed by atoms with Gasteiger partial charge in [0.1, 0.15) is 0 Å². The lowest BCUT2D eigenvalue weighted by Gasteiger charge is -2.20. The van der Waals surface area contributed by atoms with Crippen molar-refractivity contribution < 1.29 is 9.59 Å². The van der Waals surface area contributed by atoms with Crippen LogP contribution in [0.2, 0.25) is 0 Å². The van der Waals surface area contributed by atoms with Crippen LogP contribution in [0.3, 0.4) is 0 Å². The van der Waals surface area contributed by atoms with Crippen molar-refractivity contribution in [2.75, 3.05) is 12.3 Å². The molecule has 0 aliphatic rings. The second kappa shape index (κ2) is 6.74. The fourth-order valence-electron chi connectivity index (χ4n) is 1.58. The van der Waals surface area contributed by atoms with E-state index < -0.39 is 0 Å². The van der Waals surface area contributed by atoms with Crippen molar-refractivity contribution in [1.29, 1.82) is 0 Å². The molecule has 0 saturated carbocycles. The summed E-state index contributed by atoms with van der Waals surface area (Å²) in [6.07, 6.45) is 0.239. The van der Waals surface area contributed by atoms with E-state index in [1.807, 2.05) is 20.8 Å².